The summed E-state index contributed by atoms with van der Waals surface area (Å²) in [5.41, 5.74) is 10.1. The molecule has 0 fully saturated rings. The molecule has 0 unspecified atom stereocenters. The fraction of sp³-hybridized carbons (Fsp3) is 0.0417. The number of azo groups is 1. The minimum atomic E-state index is -4.10. The van der Waals surface area contributed by atoms with Crippen molar-refractivity contribution in [2.45, 2.75) is 4.90 Å². The van der Waals surface area contributed by atoms with Gasteiger partial charge in [-0.2, -0.15) is 13.5 Å². The molecule has 15 heteroatoms. The highest BCUT2D eigenvalue weighted by Gasteiger charge is 2.20. The first-order valence-corrected chi connectivity index (χ1v) is 13.1. The normalized spacial score (nSPS) is 11.4. The first-order valence-electron chi connectivity index (χ1n) is 10.9. The molecule has 12 nitrogen and oxygen atoms in total. The first kappa shape index (κ1) is 27.5. The van der Waals surface area contributed by atoms with E-state index in [0.29, 0.717) is 22.1 Å². The van der Waals surface area contributed by atoms with Gasteiger partial charge in [0.15, 0.2) is 4.77 Å². The molecule has 1 aromatic heterocycles. The number of hydrogen-bond donors (Lipinski definition) is 3. The molecule has 0 amide bonds. The van der Waals surface area contributed by atoms with Crippen LogP contribution in [0.15, 0.2) is 97.1 Å². The van der Waals surface area contributed by atoms with E-state index in [9.17, 15) is 18.3 Å². The molecular weight excluding hydrogens is 566 g/mol. The lowest BCUT2D eigenvalue weighted by Gasteiger charge is -2.16. The Kier molecular flexibility index (Phi) is 7.80. The van der Waals surface area contributed by atoms with Crippen molar-refractivity contribution in [3.8, 4) is 23.0 Å². The Morgan fingerprint density at radius 1 is 0.923 bits per heavy atom. The molecule has 0 aliphatic heterocycles. The van der Waals surface area contributed by atoms with E-state index in [2.05, 4.69) is 14.6 Å². The zero-order valence-corrected chi connectivity index (χ0v) is 22.5. The summed E-state index contributed by atoms with van der Waals surface area (Å²) >= 11 is 11.6. The van der Waals surface area contributed by atoms with Crippen molar-refractivity contribution < 1.29 is 18.3 Å². The van der Waals surface area contributed by atoms with Crippen LogP contribution in [0.1, 0.15) is 0 Å². The largest absolute Gasteiger partial charge is 0.497 e. The summed E-state index contributed by atoms with van der Waals surface area (Å²) < 4.78 is 35.1. The van der Waals surface area contributed by atoms with Gasteiger partial charge in [0.25, 0.3) is 15.6 Å². The lowest BCUT2D eigenvalue weighted by Crippen LogP contribution is -2.24. The van der Waals surface area contributed by atoms with Crippen LogP contribution < -0.4 is 21.8 Å². The van der Waals surface area contributed by atoms with Crippen molar-refractivity contribution in [3.05, 3.63) is 92.9 Å². The Morgan fingerprint density at radius 2 is 1.49 bits per heavy atom. The number of nitrogens with zero attached hydrogens (tertiary/aromatic N) is 5. The maximum Gasteiger partial charge on any atom is 0.290 e. The van der Waals surface area contributed by atoms with Crippen molar-refractivity contribution in [2.24, 2.45) is 26.1 Å². The maximum absolute atomic E-state index is 13.5. The average Bonchev–Trinajstić information content (AvgIpc) is 2.89. The Labute approximate surface area is 232 Å². The molecule has 1 heterocycles. The van der Waals surface area contributed by atoms with Crippen molar-refractivity contribution in [3.63, 3.8) is 0 Å². The average molecular weight is 586 g/mol. The van der Waals surface area contributed by atoms with E-state index in [4.69, 9.17) is 40.0 Å². The number of benzene rings is 3. The molecule has 4 aromatic rings. The number of hydrogen-bond acceptors (Lipinski definition) is 8. The highest BCUT2D eigenvalue weighted by Crippen LogP contribution is 2.30. The fourth-order valence-corrected chi connectivity index (χ4v) is 4.81. The monoisotopic (exact) mass is 585 g/mol. The van der Waals surface area contributed by atoms with Gasteiger partial charge < -0.3 is 21.3 Å². The van der Waals surface area contributed by atoms with E-state index in [1.165, 1.54) is 40.5 Å². The van der Waals surface area contributed by atoms with Crippen molar-refractivity contribution in [1.29, 1.82) is 0 Å². The third-order valence-electron chi connectivity index (χ3n) is 5.25. The third kappa shape index (κ3) is 5.82. The van der Waals surface area contributed by atoms with Gasteiger partial charge in [0.2, 0.25) is 17.5 Å². The smallest absolute Gasteiger partial charge is 0.290 e. The van der Waals surface area contributed by atoms with Crippen LogP contribution in [0, 0.1) is 4.77 Å². The highest BCUT2D eigenvalue weighted by atomic mass is 35.5. The molecule has 0 atom stereocenters. The van der Waals surface area contributed by atoms with Crippen LogP contribution in [0.4, 0.5) is 11.4 Å². The summed E-state index contributed by atoms with van der Waals surface area (Å²) in [6.07, 6.45) is 0. The summed E-state index contributed by atoms with van der Waals surface area (Å²) in [4.78, 5) is 13.3. The number of guanidine groups is 1. The van der Waals surface area contributed by atoms with Gasteiger partial charge in [0.05, 0.1) is 29.1 Å². The Bertz CT molecular complexity index is 1810. The summed E-state index contributed by atoms with van der Waals surface area (Å²) in [6.45, 7) is 0. The summed E-state index contributed by atoms with van der Waals surface area (Å²) in [5.74, 6) is -0.610. The molecule has 39 heavy (non-hydrogen) atoms. The predicted molar refractivity (Wildman–Crippen MR) is 149 cm³/mol. The molecule has 0 bridgehead atoms. The quantitative estimate of drug-likeness (QED) is 0.125. The third-order valence-corrected chi connectivity index (χ3v) is 7.19. The topological polar surface area (TPSA) is 180 Å². The standard InChI is InChI=1S/C24H20ClN7O5S2/c1-37-18-10-8-17(9-11-18)32-22(34)20(21(33)31(24(32)38)16-6-2-14(25)3-7-16)29-28-15-4-12-19(13-5-15)39(35,36)30-23(26)27/h2-13,33H,1H3,(H4,26,27,30). The molecule has 200 valence electrons. The number of aromatic nitrogens is 2. The molecule has 0 aliphatic rings. The van der Waals surface area contributed by atoms with Gasteiger partial charge in [-0.25, -0.2) is 0 Å². The van der Waals surface area contributed by atoms with Gasteiger partial charge in [0, 0.05) is 5.02 Å². The molecule has 0 spiro atoms. The second kappa shape index (κ2) is 11.1. The van der Waals surface area contributed by atoms with Crippen LogP contribution in [0.3, 0.4) is 0 Å². The number of ether oxygens (including phenoxy) is 1. The van der Waals surface area contributed by atoms with Crippen molar-refractivity contribution in [2.75, 3.05) is 7.11 Å². The van der Waals surface area contributed by atoms with E-state index < -0.39 is 33.1 Å². The Balaban J connectivity index is 1.87. The minimum Gasteiger partial charge on any atom is -0.497 e. The van der Waals surface area contributed by atoms with E-state index >= 15 is 0 Å². The van der Waals surface area contributed by atoms with Crippen LogP contribution in [-0.2, 0) is 10.0 Å². The van der Waals surface area contributed by atoms with Crippen LogP contribution in [0.2, 0.25) is 5.02 Å². The Morgan fingerprint density at radius 3 is 2.05 bits per heavy atom. The molecule has 3 aromatic carbocycles. The molecule has 5 N–H and O–H groups in total. The predicted octanol–water partition coefficient (Wildman–Crippen LogP) is 4.10. The maximum atomic E-state index is 13.5. The van der Waals surface area contributed by atoms with Crippen LogP contribution in [-0.4, -0.2) is 35.7 Å². The highest BCUT2D eigenvalue weighted by molar-refractivity contribution is 7.90. The first-order chi connectivity index (χ1) is 18.5. The van der Waals surface area contributed by atoms with Gasteiger partial charge in [-0.3, -0.25) is 13.9 Å². The molecule has 0 radical (unpaired) electrons. The summed E-state index contributed by atoms with van der Waals surface area (Å²) in [5, 5.41) is 19.5. The fourth-order valence-electron chi connectivity index (χ4n) is 3.44. The van der Waals surface area contributed by atoms with Crippen molar-refractivity contribution >= 4 is 51.2 Å². The van der Waals surface area contributed by atoms with E-state index in [1.807, 2.05) is 0 Å². The van der Waals surface area contributed by atoms with Gasteiger partial charge in [-0.15, -0.1) is 9.51 Å². The SMILES string of the molecule is COc1ccc(-n2c(=O)c(N=Nc3ccc(S(=O)(=O)N=C(N)N)cc3)c(O)n(-c3ccc(Cl)cc3)c2=S)cc1. The van der Waals surface area contributed by atoms with Crippen LogP contribution in [0.5, 0.6) is 11.6 Å². The molecule has 0 aliphatic carbocycles. The Hall–Kier alpha value is -4.53. The number of aromatic hydroxyl groups is 1. The summed E-state index contributed by atoms with van der Waals surface area (Å²) in [7, 11) is -2.59. The molecule has 4 rings (SSSR count). The number of nitrogens with two attached hydrogens (primary N) is 2. The van der Waals surface area contributed by atoms with Crippen molar-refractivity contribution in [1.82, 2.24) is 9.13 Å². The van der Waals surface area contributed by atoms with E-state index in [0.717, 1.165) is 0 Å². The van der Waals surface area contributed by atoms with Gasteiger partial charge >= 0.3 is 0 Å². The van der Waals surface area contributed by atoms with Gasteiger partial charge in [0.1, 0.15) is 5.75 Å². The second-order valence-electron chi connectivity index (χ2n) is 7.79. The molecule has 0 saturated carbocycles. The van der Waals surface area contributed by atoms with Crippen LogP contribution in [0.25, 0.3) is 11.4 Å². The minimum absolute atomic E-state index is 0.0433. The summed E-state index contributed by atoms with van der Waals surface area (Å²) in [6, 6.07) is 18.0. The lowest BCUT2D eigenvalue weighted by molar-refractivity contribution is 0.414. The van der Waals surface area contributed by atoms with Crippen LogP contribution >= 0.6 is 23.8 Å². The van der Waals surface area contributed by atoms with Gasteiger partial charge in [-0.1, -0.05) is 11.6 Å². The lowest BCUT2D eigenvalue weighted by atomic mass is 10.3. The molecule has 0 saturated heterocycles. The van der Waals surface area contributed by atoms with Gasteiger partial charge in [-0.05, 0) is 85.0 Å². The number of halogens is 1. The van der Waals surface area contributed by atoms with E-state index in [1.54, 1.807) is 48.5 Å². The zero-order valence-electron chi connectivity index (χ0n) is 20.1. The number of rotatable bonds is 7. The number of sulfonamides is 1. The molecular formula is C24H20ClN7O5S2. The van der Waals surface area contributed by atoms with E-state index in [-0.39, 0.29) is 15.4 Å². The second-order valence-corrected chi connectivity index (χ2v) is 10.2. The number of methoxy groups -OCH3 is 1. The zero-order chi connectivity index (χ0) is 28.3.